The van der Waals surface area contributed by atoms with Crippen molar-refractivity contribution in [3.63, 3.8) is 0 Å². The van der Waals surface area contributed by atoms with Crippen LogP contribution in [-0.4, -0.2) is 52.6 Å². The molecule has 0 saturated heterocycles. The standard InChI is InChI=1S/C24H28N6O3/c1-24(2,33)15-30-21-7-6-16(5-4-10-31)11-20(21)27-23(30)28-22(32)17-8-9-25-19(12-17)18-13-26-29(3)14-18/h6-9,11-14,31,33H,4-5,10,15H2,1-3H3,(H,27,28,32). The van der Waals surface area contributed by atoms with Gasteiger partial charge in [0.2, 0.25) is 5.95 Å². The third-order valence-corrected chi connectivity index (χ3v) is 5.23. The number of aliphatic hydroxyl groups is 2. The molecule has 0 aliphatic carbocycles. The van der Waals surface area contributed by atoms with E-state index in [0.717, 1.165) is 28.6 Å². The first-order chi connectivity index (χ1) is 15.7. The third kappa shape index (κ3) is 5.27. The van der Waals surface area contributed by atoms with Crippen molar-refractivity contribution in [2.24, 2.45) is 7.05 Å². The van der Waals surface area contributed by atoms with Crippen LogP contribution in [0.25, 0.3) is 22.3 Å². The largest absolute Gasteiger partial charge is 0.396 e. The maximum Gasteiger partial charge on any atom is 0.258 e. The number of imidazole rings is 1. The quantitative estimate of drug-likeness (QED) is 0.381. The van der Waals surface area contributed by atoms with Gasteiger partial charge in [-0.3, -0.25) is 19.8 Å². The zero-order chi connectivity index (χ0) is 23.6. The molecule has 33 heavy (non-hydrogen) atoms. The fourth-order valence-electron chi connectivity index (χ4n) is 3.71. The van der Waals surface area contributed by atoms with Gasteiger partial charge in [0, 0.05) is 37.2 Å². The summed E-state index contributed by atoms with van der Waals surface area (Å²) in [6, 6.07) is 9.22. The summed E-state index contributed by atoms with van der Waals surface area (Å²) in [5, 5.41) is 26.6. The summed E-state index contributed by atoms with van der Waals surface area (Å²) in [4.78, 5) is 22.1. The molecule has 0 atom stereocenters. The topological polar surface area (TPSA) is 118 Å². The van der Waals surface area contributed by atoms with Crippen molar-refractivity contribution >= 4 is 22.9 Å². The summed E-state index contributed by atoms with van der Waals surface area (Å²) in [5.41, 5.74) is 3.48. The summed E-state index contributed by atoms with van der Waals surface area (Å²) in [6.45, 7) is 3.80. The molecule has 0 unspecified atom stereocenters. The second kappa shape index (κ2) is 9.13. The van der Waals surface area contributed by atoms with Crippen molar-refractivity contribution in [2.45, 2.75) is 38.8 Å². The van der Waals surface area contributed by atoms with E-state index in [2.05, 4.69) is 20.4 Å². The SMILES string of the molecule is Cn1cc(-c2cc(C(=O)Nc3nc4cc(CCCO)ccc4n3CC(C)(C)O)ccn2)cn1. The van der Waals surface area contributed by atoms with Crippen molar-refractivity contribution in [1.82, 2.24) is 24.3 Å². The average Bonchev–Trinajstić information content (AvgIpc) is 3.34. The van der Waals surface area contributed by atoms with Gasteiger partial charge in [0.1, 0.15) is 0 Å². The number of fused-ring (bicyclic) bond motifs is 1. The number of amides is 1. The maximum absolute atomic E-state index is 13.1. The Kier molecular flexibility index (Phi) is 6.26. The molecule has 9 heteroatoms. The Morgan fingerprint density at radius 1 is 1.21 bits per heavy atom. The van der Waals surface area contributed by atoms with E-state index in [1.54, 1.807) is 43.1 Å². The van der Waals surface area contributed by atoms with E-state index >= 15 is 0 Å². The van der Waals surface area contributed by atoms with Gasteiger partial charge in [-0.25, -0.2) is 4.98 Å². The molecular formula is C24H28N6O3. The number of hydrogen-bond donors (Lipinski definition) is 3. The monoisotopic (exact) mass is 448 g/mol. The van der Waals surface area contributed by atoms with Crippen LogP contribution in [0.1, 0.15) is 36.2 Å². The predicted octanol–water partition coefficient (Wildman–Crippen LogP) is 2.78. The van der Waals surface area contributed by atoms with E-state index in [1.807, 2.05) is 36.0 Å². The first-order valence-corrected chi connectivity index (χ1v) is 10.8. The van der Waals surface area contributed by atoms with Gasteiger partial charge in [0.05, 0.1) is 35.1 Å². The number of nitrogens with zero attached hydrogens (tertiary/aromatic N) is 5. The molecule has 0 spiro atoms. The molecule has 0 fully saturated rings. The Balaban J connectivity index is 1.66. The van der Waals surface area contributed by atoms with Crippen molar-refractivity contribution in [2.75, 3.05) is 11.9 Å². The number of aryl methyl sites for hydroxylation is 2. The minimum absolute atomic E-state index is 0.124. The molecule has 0 aliphatic heterocycles. The van der Waals surface area contributed by atoms with E-state index in [0.29, 0.717) is 23.6 Å². The number of nitrogens with one attached hydrogen (secondary N) is 1. The second-order valence-corrected chi connectivity index (χ2v) is 8.77. The number of hydrogen-bond acceptors (Lipinski definition) is 6. The molecule has 9 nitrogen and oxygen atoms in total. The first-order valence-electron chi connectivity index (χ1n) is 10.8. The van der Waals surface area contributed by atoms with E-state index in [9.17, 15) is 9.90 Å². The average molecular weight is 449 g/mol. The molecule has 3 heterocycles. The lowest BCUT2D eigenvalue weighted by molar-refractivity contribution is 0.0630. The summed E-state index contributed by atoms with van der Waals surface area (Å²) in [5.74, 6) is 0.0338. The summed E-state index contributed by atoms with van der Waals surface area (Å²) in [6.07, 6.45) is 6.52. The van der Waals surface area contributed by atoms with Crippen LogP contribution in [0.4, 0.5) is 5.95 Å². The van der Waals surface area contributed by atoms with E-state index in [-0.39, 0.29) is 19.1 Å². The summed E-state index contributed by atoms with van der Waals surface area (Å²) >= 11 is 0. The molecule has 172 valence electrons. The van der Waals surface area contributed by atoms with Gasteiger partial charge in [-0.05, 0) is 56.5 Å². The van der Waals surface area contributed by atoms with Crippen molar-refractivity contribution in [3.05, 3.63) is 60.0 Å². The number of aromatic nitrogens is 5. The molecule has 1 amide bonds. The lowest BCUT2D eigenvalue weighted by Gasteiger charge is -2.20. The van der Waals surface area contributed by atoms with Gasteiger partial charge < -0.3 is 14.8 Å². The number of pyridine rings is 1. The Labute approximate surface area is 191 Å². The Morgan fingerprint density at radius 2 is 2.03 bits per heavy atom. The molecule has 0 radical (unpaired) electrons. The summed E-state index contributed by atoms with van der Waals surface area (Å²) < 4.78 is 3.49. The molecule has 4 rings (SSSR count). The van der Waals surface area contributed by atoms with Crippen LogP contribution in [-0.2, 0) is 20.0 Å². The highest BCUT2D eigenvalue weighted by atomic mass is 16.3. The smallest absolute Gasteiger partial charge is 0.258 e. The third-order valence-electron chi connectivity index (χ3n) is 5.23. The fourth-order valence-corrected chi connectivity index (χ4v) is 3.71. The number of benzene rings is 1. The predicted molar refractivity (Wildman–Crippen MR) is 126 cm³/mol. The van der Waals surface area contributed by atoms with Gasteiger partial charge in [-0.1, -0.05) is 6.07 Å². The van der Waals surface area contributed by atoms with Crippen LogP contribution in [0.15, 0.2) is 48.9 Å². The molecule has 0 bridgehead atoms. The first kappa shape index (κ1) is 22.6. The van der Waals surface area contributed by atoms with Crippen LogP contribution < -0.4 is 5.32 Å². The number of rotatable bonds is 8. The molecule has 3 aromatic heterocycles. The van der Waals surface area contributed by atoms with Crippen molar-refractivity contribution in [1.29, 1.82) is 0 Å². The number of carbonyl (C=O) groups is 1. The second-order valence-electron chi connectivity index (χ2n) is 8.77. The van der Waals surface area contributed by atoms with Gasteiger partial charge >= 0.3 is 0 Å². The maximum atomic E-state index is 13.1. The van der Waals surface area contributed by atoms with Crippen molar-refractivity contribution < 1.29 is 15.0 Å². The minimum Gasteiger partial charge on any atom is -0.396 e. The van der Waals surface area contributed by atoms with Crippen LogP contribution in [0.5, 0.6) is 0 Å². The molecule has 1 aromatic carbocycles. The van der Waals surface area contributed by atoms with Crippen LogP contribution in [0, 0.1) is 0 Å². The van der Waals surface area contributed by atoms with Gasteiger partial charge in [-0.2, -0.15) is 5.10 Å². The van der Waals surface area contributed by atoms with Crippen LogP contribution >= 0.6 is 0 Å². The number of aliphatic hydroxyl groups excluding tert-OH is 1. The lowest BCUT2D eigenvalue weighted by Crippen LogP contribution is -2.27. The minimum atomic E-state index is -1.01. The van der Waals surface area contributed by atoms with E-state index in [4.69, 9.17) is 5.11 Å². The number of carbonyl (C=O) groups excluding carboxylic acids is 1. The van der Waals surface area contributed by atoms with E-state index < -0.39 is 5.60 Å². The van der Waals surface area contributed by atoms with E-state index in [1.165, 1.54) is 0 Å². The van der Waals surface area contributed by atoms with Crippen molar-refractivity contribution in [3.8, 4) is 11.3 Å². The molecular weight excluding hydrogens is 420 g/mol. The number of anilines is 1. The lowest BCUT2D eigenvalue weighted by atomic mass is 10.1. The highest BCUT2D eigenvalue weighted by Gasteiger charge is 2.21. The molecule has 0 saturated carbocycles. The Hall–Kier alpha value is -3.56. The zero-order valence-corrected chi connectivity index (χ0v) is 19.0. The van der Waals surface area contributed by atoms with Crippen LogP contribution in [0.2, 0.25) is 0 Å². The Bertz CT molecular complexity index is 1290. The fraction of sp³-hybridized carbons (Fsp3) is 0.333. The summed E-state index contributed by atoms with van der Waals surface area (Å²) in [7, 11) is 1.82. The molecule has 4 aromatic rings. The van der Waals surface area contributed by atoms with Gasteiger partial charge in [-0.15, -0.1) is 0 Å². The highest BCUT2D eigenvalue weighted by Crippen LogP contribution is 2.25. The van der Waals surface area contributed by atoms with Crippen LogP contribution in [0.3, 0.4) is 0 Å². The highest BCUT2D eigenvalue weighted by molar-refractivity contribution is 6.04. The van der Waals surface area contributed by atoms with Gasteiger partial charge in [0.15, 0.2) is 0 Å². The normalized spacial score (nSPS) is 11.8. The Morgan fingerprint density at radius 3 is 2.73 bits per heavy atom. The zero-order valence-electron chi connectivity index (χ0n) is 19.0. The van der Waals surface area contributed by atoms with Gasteiger partial charge in [0.25, 0.3) is 5.91 Å². The molecule has 0 aliphatic rings. The molecule has 3 N–H and O–H groups in total.